The summed E-state index contributed by atoms with van der Waals surface area (Å²) in [5, 5.41) is 2.52. The SMILES string of the molecule is CNC(=O)CN1C(=O)C(C)Oc2ccc(C)cc21. The Balaban J connectivity index is 2.40. The van der Waals surface area contributed by atoms with Crippen LogP contribution in [0.5, 0.6) is 5.75 Å². The van der Waals surface area contributed by atoms with E-state index in [0.29, 0.717) is 11.4 Å². The zero-order valence-electron chi connectivity index (χ0n) is 10.7. The maximum absolute atomic E-state index is 12.1. The average Bonchev–Trinajstić information content (AvgIpc) is 2.35. The highest BCUT2D eigenvalue weighted by Gasteiger charge is 2.32. The maximum Gasteiger partial charge on any atom is 0.268 e. The Morgan fingerprint density at radius 3 is 2.89 bits per heavy atom. The van der Waals surface area contributed by atoms with Crippen molar-refractivity contribution >= 4 is 17.5 Å². The van der Waals surface area contributed by atoms with Crippen LogP contribution in [0.1, 0.15) is 12.5 Å². The van der Waals surface area contributed by atoms with Gasteiger partial charge in [0.15, 0.2) is 6.10 Å². The fourth-order valence-corrected chi connectivity index (χ4v) is 1.90. The molecule has 0 radical (unpaired) electrons. The van der Waals surface area contributed by atoms with Gasteiger partial charge >= 0.3 is 0 Å². The van der Waals surface area contributed by atoms with Gasteiger partial charge in [0.25, 0.3) is 5.91 Å². The first kappa shape index (κ1) is 12.4. The van der Waals surface area contributed by atoms with Crippen LogP contribution in [0, 0.1) is 6.92 Å². The molecule has 0 fully saturated rings. The van der Waals surface area contributed by atoms with Gasteiger partial charge in [-0.15, -0.1) is 0 Å². The van der Waals surface area contributed by atoms with Gasteiger partial charge in [0.1, 0.15) is 12.3 Å². The van der Waals surface area contributed by atoms with Crippen LogP contribution >= 0.6 is 0 Å². The molecule has 1 heterocycles. The number of nitrogens with one attached hydrogen (secondary N) is 1. The van der Waals surface area contributed by atoms with Crippen LogP contribution < -0.4 is 15.0 Å². The van der Waals surface area contributed by atoms with Crippen molar-refractivity contribution in [1.82, 2.24) is 5.32 Å². The molecule has 1 unspecified atom stereocenters. The second-order valence-electron chi connectivity index (χ2n) is 4.33. The Labute approximate surface area is 106 Å². The lowest BCUT2D eigenvalue weighted by molar-refractivity contribution is -0.128. The third-order valence-electron chi connectivity index (χ3n) is 2.90. The standard InChI is InChI=1S/C13H16N2O3/c1-8-4-5-11-10(6-8)15(7-12(16)14-3)13(17)9(2)18-11/h4-6,9H,7H2,1-3H3,(H,14,16). The summed E-state index contributed by atoms with van der Waals surface area (Å²) in [6.45, 7) is 3.63. The van der Waals surface area contributed by atoms with Crippen LogP contribution in [0.25, 0.3) is 0 Å². The summed E-state index contributed by atoms with van der Waals surface area (Å²) in [5.74, 6) is 0.234. The fraction of sp³-hybridized carbons (Fsp3) is 0.385. The number of amides is 2. The molecule has 1 aliphatic rings. The summed E-state index contributed by atoms with van der Waals surface area (Å²) in [5.41, 5.74) is 1.67. The Kier molecular flexibility index (Phi) is 3.23. The van der Waals surface area contributed by atoms with Crippen molar-refractivity contribution in [1.29, 1.82) is 0 Å². The number of nitrogens with zero attached hydrogens (tertiary/aromatic N) is 1. The second kappa shape index (κ2) is 4.68. The third-order valence-corrected chi connectivity index (χ3v) is 2.90. The number of carbonyl (C=O) groups is 2. The van der Waals surface area contributed by atoms with E-state index in [0.717, 1.165) is 5.56 Å². The number of benzene rings is 1. The topological polar surface area (TPSA) is 58.6 Å². The first-order chi connectivity index (χ1) is 8.52. The van der Waals surface area contributed by atoms with Gasteiger partial charge in [-0.2, -0.15) is 0 Å². The van der Waals surface area contributed by atoms with E-state index < -0.39 is 6.10 Å². The van der Waals surface area contributed by atoms with Gasteiger partial charge in [-0.1, -0.05) is 6.07 Å². The Bertz CT molecular complexity index is 499. The molecule has 2 rings (SSSR count). The third kappa shape index (κ3) is 2.16. The van der Waals surface area contributed by atoms with Crippen molar-refractivity contribution in [2.45, 2.75) is 20.0 Å². The van der Waals surface area contributed by atoms with Gasteiger partial charge < -0.3 is 10.1 Å². The monoisotopic (exact) mass is 248 g/mol. The van der Waals surface area contributed by atoms with E-state index >= 15 is 0 Å². The van der Waals surface area contributed by atoms with Crippen LogP contribution in [0.15, 0.2) is 18.2 Å². The van der Waals surface area contributed by atoms with Crippen molar-refractivity contribution in [2.24, 2.45) is 0 Å². The molecular weight excluding hydrogens is 232 g/mol. The lowest BCUT2D eigenvalue weighted by atomic mass is 10.1. The predicted octanol–water partition coefficient (Wildman–Crippen LogP) is 0.855. The Hall–Kier alpha value is -2.04. The molecule has 1 atom stereocenters. The highest BCUT2D eigenvalue weighted by molar-refractivity contribution is 6.03. The van der Waals surface area contributed by atoms with Crippen LogP contribution in [0.2, 0.25) is 0 Å². The quantitative estimate of drug-likeness (QED) is 0.844. The van der Waals surface area contributed by atoms with E-state index in [4.69, 9.17) is 4.74 Å². The maximum atomic E-state index is 12.1. The number of aryl methyl sites for hydroxylation is 1. The van der Waals surface area contributed by atoms with Crippen LogP contribution in [0.3, 0.4) is 0 Å². The Morgan fingerprint density at radius 1 is 1.50 bits per heavy atom. The number of hydrogen-bond acceptors (Lipinski definition) is 3. The predicted molar refractivity (Wildman–Crippen MR) is 67.7 cm³/mol. The van der Waals surface area contributed by atoms with Crippen molar-refractivity contribution in [2.75, 3.05) is 18.5 Å². The van der Waals surface area contributed by atoms with Gasteiger partial charge in [0.05, 0.1) is 5.69 Å². The number of ether oxygens (including phenoxy) is 1. The summed E-state index contributed by atoms with van der Waals surface area (Å²) in [6.07, 6.45) is -0.565. The van der Waals surface area contributed by atoms with Crippen molar-refractivity contribution in [3.63, 3.8) is 0 Å². The zero-order valence-corrected chi connectivity index (χ0v) is 10.7. The van der Waals surface area contributed by atoms with Crippen molar-refractivity contribution < 1.29 is 14.3 Å². The molecule has 0 saturated carbocycles. The molecule has 18 heavy (non-hydrogen) atoms. The van der Waals surface area contributed by atoms with E-state index in [9.17, 15) is 9.59 Å². The Morgan fingerprint density at radius 2 is 2.22 bits per heavy atom. The molecule has 0 spiro atoms. The van der Waals surface area contributed by atoms with E-state index in [1.165, 1.54) is 4.90 Å². The van der Waals surface area contributed by atoms with E-state index in [2.05, 4.69) is 5.32 Å². The second-order valence-corrected chi connectivity index (χ2v) is 4.33. The normalized spacial score (nSPS) is 18.1. The first-order valence-electron chi connectivity index (χ1n) is 5.82. The van der Waals surface area contributed by atoms with E-state index in [1.807, 2.05) is 25.1 Å². The minimum Gasteiger partial charge on any atom is -0.479 e. The molecule has 5 heteroatoms. The number of rotatable bonds is 2. The highest BCUT2D eigenvalue weighted by Crippen LogP contribution is 2.34. The summed E-state index contributed by atoms with van der Waals surface area (Å²) in [6, 6.07) is 5.59. The minimum atomic E-state index is -0.565. The molecule has 0 aliphatic carbocycles. The smallest absolute Gasteiger partial charge is 0.268 e. The number of hydrogen-bond donors (Lipinski definition) is 1. The van der Waals surface area contributed by atoms with Gasteiger partial charge in [0, 0.05) is 7.05 Å². The molecule has 5 nitrogen and oxygen atoms in total. The lowest BCUT2D eigenvalue weighted by Gasteiger charge is -2.32. The van der Waals surface area contributed by atoms with Gasteiger partial charge in [-0.25, -0.2) is 0 Å². The number of anilines is 1. The highest BCUT2D eigenvalue weighted by atomic mass is 16.5. The molecular formula is C13H16N2O3. The van der Waals surface area contributed by atoms with Crippen LogP contribution in [-0.4, -0.2) is 31.5 Å². The lowest BCUT2D eigenvalue weighted by Crippen LogP contribution is -2.48. The molecule has 0 bridgehead atoms. The number of carbonyl (C=O) groups excluding carboxylic acids is 2. The van der Waals surface area contributed by atoms with Crippen molar-refractivity contribution in [3.8, 4) is 5.75 Å². The van der Waals surface area contributed by atoms with E-state index in [1.54, 1.807) is 14.0 Å². The summed E-state index contributed by atoms with van der Waals surface area (Å²) in [7, 11) is 1.55. The average molecular weight is 248 g/mol. The summed E-state index contributed by atoms with van der Waals surface area (Å²) in [4.78, 5) is 25.0. The molecule has 1 aromatic carbocycles. The molecule has 0 saturated heterocycles. The molecule has 2 amide bonds. The van der Waals surface area contributed by atoms with E-state index in [-0.39, 0.29) is 18.4 Å². The van der Waals surface area contributed by atoms with Gasteiger partial charge in [-0.3, -0.25) is 14.5 Å². The summed E-state index contributed by atoms with van der Waals surface area (Å²) >= 11 is 0. The fourth-order valence-electron chi connectivity index (χ4n) is 1.90. The van der Waals surface area contributed by atoms with Gasteiger partial charge in [0.2, 0.25) is 5.91 Å². The minimum absolute atomic E-state index is 0.0134. The molecule has 96 valence electrons. The van der Waals surface area contributed by atoms with Crippen molar-refractivity contribution in [3.05, 3.63) is 23.8 Å². The molecule has 1 aromatic rings. The zero-order chi connectivity index (χ0) is 13.3. The molecule has 1 aliphatic heterocycles. The largest absolute Gasteiger partial charge is 0.479 e. The molecule has 1 N–H and O–H groups in total. The number of likely N-dealkylation sites (N-methyl/N-ethyl adjacent to an activating group) is 1. The molecule has 0 aromatic heterocycles. The van der Waals surface area contributed by atoms with Crippen LogP contribution in [0.4, 0.5) is 5.69 Å². The number of fused-ring (bicyclic) bond motifs is 1. The van der Waals surface area contributed by atoms with Gasteiger partial charge in [-0.05, 0) is 31.5 Å². The summed E-state index contributed by atoms with van der Waals surface area (Å²) < 4.78 is 5.52. The van der Waals surface area contributed by atoms with Crippen LogP contribution in [-0.2, 0) is 9.59 Å². The first-order valence-corrected chi connectivity index (χ1v) is 5.82.